The topological polar surface area (TPSA) is 83.1 Å². The largest absolute Gasteiger partial charge is 0.495 e. The van der Waals surface area contributed by atoms with Gasteiger partial charge in [0.15, 0.2) is 18.1 Å². The summed E-state index contributed by atoms with van der Waals surface area (Å²) in [6, 6.07) is 7.58. The summed E-state index contributed by atoms with van der Waals surface area (Å²) in [7, 11) is 2.92. The maximum Gasteiger partial charge on any atom is 0.338 e. The molecule has 0 aliphatic heterocycles. The predicted octanol–water partition coefficient (Wildman–Crippen LogP) is 4.59. The molecule has 0 saturated carbocycles. The van der Waals surface area contributed by atoms with Crippen LogP contribution in [0.5, 0.6) is 17.2 Å². The van der Waals surface area contributed by atoms with E-state index in [1.54, 1.807) is 12.1 Å². The average molecular weight is 442 g/mol. The number of nitrogens with one attached hydrogen (secondary N) is 1. The first-order valence-electron chi connectivity index (χ1n) is 8.59. The summed E-state index contributed by atoms with van der Waals surface area (Å²) in [5.74, 6) is -0.168. The molecule has 156 valence electrons. The first kappa shape index (κ1) is 22.6. The molecule has 0 aliphatic rings. The molecule has 0 saturated heterocycles. The van der Waals surface area contributed by atoms with Crippen molar-refractivity contribution in [3.63, 3.8) is 0 Å². The molecule has 9 heteroatoms. The number of halogens is 2. The van der Waals surface area contributed by atoms with Gasteiger partial charge in [0.25, 0.3) is 5.91 Å². The van der Waals surface area contributed by atoms with Gasteiger partial charge >= 0.3 is 5.97 Å². The maximum absolute atomic E-state index is 12.3. The SMILES string of the molecule is COc1ccc(NC(=O)COC(=O)c2cc(Cl)c(OC(C)C)c(OC)c2)cc1Cl. The second kappa shape index (κ2) is 10.2. The van der Waals surface area contributed by atoms with Gasteiger partial charge in [-0.25, -0.2) is 4.79 Å². The number of carbonyl (C=O) groups excluding carboxylic acids is 2. The predicted molar refractivity (Wildman–Crippen MR) is 111 cm³/mol. The van der Waals surface area contributed by atoms with Gasteiger partial charge in [-0.3, -0.25) is 4.79 Å². The summed E-state index contributed by atoms with van der Waals surface area (Å²) in [5, 5.41) is 3.12. The van der Waals surface area contributed by atoms with Crippen LogP contribution in [-0.2, 0) is 9.53 Å². The van der Waals surface area contributed by atoms with Crippen LogP contribution < -0.4 is 19.5 Å². The van der Waals surface area contributed by atoms with Gasteiger partial charge in [0, 0.05) is 5.69 Å². The minimum absolute atomic E-state index is 0.128. The van der Waals surface area contributed by atoms with E-state index in [0.29, 0.717) is 22.2 Å². The Morgan fingerprint density at radius 3 is 2.28 bits per heavy atom. The fraction of sp³-hybridized carbons (Fsp3) is 0.300. The molecular weight excluding hydrogens is 421 g/mol. The Morgan fingerprint density at radius 2 is 1.69 bits per heavy atom. The summed E-state index contributed by atoms with van der Waals surface area (Å²) in [4.78, 5) is 24.3. The first-order valence-corrected chi connectivity index (χ1v) is 9.35. The molecule has 7 nitrogen and oxygen atoms in total. The van der Waals surface area contributed by atoms with Crippen molar-refractivity contribution in [2.24, 2.45) is 0 Å². The van der Waals surface area contributed by atoms with E-state index in [2.05, 4.69) is 5.32 Å². The highest BCUT2D eigenvalue weighted by Crippen LogP contribution is 2.37. The van der Waals surface area contributed by atoms with Crippen LogP contribution in [0, 0.1) is 0 Å². The highest BCUT2D eigenvalue weighted by molar-refractivity contribution is 6.33. The van der Waals surface area contributed by atoms with Gasteiger partial charge in [0.05, 0.1) is 35.9 Å². The standard InChI is InChI=1S/C20H21Cl2NO6/c1-11(2)29-19-15(22)7-12(8-17(19)27-4)20(25)28-10-18(24)23-13-5-6-16(26-3)14(21)9-13/h5-9,11H,10H2,1-4H3,(H,23,24). The minimum Gasteiger partial charge on any atom is -0.495 e. The lowest BCUT2D eigenvalue weighted by Crippen LogP contribution is -2.21. The van der Waals surface area contributed by atoms with Crippen molar-refractivity contribution in [1.29, 1.82) is 0 Å². The van der Waals surface area contributed by atoms with Crippen molar-refractivity contribution >= 4 is 40.8 Å². The van der Waals surface area contributed by atoms with Crippen molar-refractivity contribution in [1.82, 2.24) is 0 Å². The molecule has 0 unspecified atom stereocenters. The fourth-order valence-electron chi connectivity index (χ4n) is 2.34. The van der Waals surface area contributed by atoms with Crippen LogP contribution in [-0.4, -0.2) is 38.8 Å². The highest BCUT2D eigenvalue weighted by Gasteiger charge is 2.18. The van der Waals surface area contributed by atoms with Crippen molar-refractivity contribution in [3.8, 4) is 17.2 Å². The maximum atomic E-state index is 12.3. The Hall–Kier alpha value is -2.64. The van der Waals surface area contributed by atoms with Crippen LogP contribution in [0.15, 0.2) is 30.3 Å². The molecule has 2 rings (SSSR count). The first-order chi connectivity index (χ1) is 13.7. The highest BCUT2D eigenvalue weighted by atomic mass is 35.5. The number of anilines is 1. The van der Waals surface area contributed by atoms with Gasteiger partial charge in [0.1, 0.15) is 5.75 Å². The Balaban J connectivity index is 2.02. The second-order valence-corrected chi connectivity index (χ2v) is 6.94. The van der Waals surface area contributed by atoms with Crippen LogP contribution in [0.4, 0.5) is 5.69 Å². The van der Waals surface area contributed by atoms with Crippen molar-refractivity contribution in [3.05, 3.63) is 45.9 Å². The Morgan fingerprint density at radius 1 is 1.00 bits per heavy atom. The van der Waals surface area contributed by atoms with Crippen LogP contribution >= 0.6 is 23.2 Å². The third-order valence-electron chi connectivity index (χ3n) is 3.59. The van der Waals surface area contributed by atoms with Crippen LogP contribution in [0.1, 0.15) is 24.2 Å². The number of methoxy groups -OCH3 is 2. The van der Waals surface area contributed by atoms with E-state index in [9.17, 15) is 9.59 Å². The molecule has 0 spiro atoms. The van der Waals surface area contributed by atoms with Gasteiger partial charge in [0.2, 0.25) is 0 Å². The molecule has 0 atom stereocenters. The molecule has 0 aliphatic carbocycles. The summed E-state index contributed by atoms with van der Waals surface area (Å²) < 4.78 is 20.9. The summed E-state index contributed by atoms with van der Waals surface area (Å²) >= 11 is 12.2. The molecule has 2 aromatic carbocycles. The average Bonchev–Trinajstić information content (AvgIpc) is 2.67. The molecule has 1 amide bonds. The molecule has 0 bridgehead atoms. The zero-order valence-electron chi connectivity index (χ0n) is 16.4. The van der Waals surface area contributed by atoms with Gasteiger partial charge in [-0.2, -0.15) is 0 Å². The second-order valence-electron chi connectivity index (χ2n) is 6.13. The smallest absolute Gasteiger partial charge is 0.338 e. The molecule has 29 heavy (non-hydrogen) atoms. The van der Waals surface area contributed by atoms with Gasteiger partial charge in [-0.1, -0.05) is 23.2 Å². The van der Waals surface area contributed by atoms with E-state index in [-0.39, 0.29) is 22.4 Å². The third-order valence-corrected chi connectivity index (χ3v) is 4.16. The molecule has 0 heterocycles. The number of amides is 1. The van der Waals surface area contributed by atoms with E-state index in [1.807, 2.05) is 13.8 Å². The van der Waals surface area contributed by atoms with Crippen molar-refractivity contribution in [2.45, 2.75) is 20.0 Å². The van der Waals surface area contributed by atoms with Gasteiger partial charge < -0.3 is 24.3 Å². The minimum atomic E-state index is -0.732. The van der Waals surface area contributed by atoms with E-state index >= 15 is 0 Å². The lowest BCUT2D eigenvalue weighted by atomic mass is 10.2. The number of esters is 1. The summed E-state index contributed by atoms with van der Waals surface area (Å²) in [6.45, 7) is 3.19. The van der Waals surface area contributed by atoms with Crippen LogP contribution in [0.2, 0.25) is 10.0 Å². The van der Waals surface area contributed by atoms with E-state index < -0.39 is 18.5 Å². The molecular formula is C20H21Cl2NO6. The van der Waals surface area contributed by atoms with Gasteiger partial charge in [-0.15, -0.1) is 0 Å². The summed E-state index contributed by atoms with van der Waals surface area (Å²) in [5.41, 5.74) is 0.569. The van der Waals surface area contributed by atoms with Gasteiger partial charge in [-0.05, 0) is 44.2 Å². The molecule has 2 aromatic rings. The lowest BCUT2D eigenvalue weighted by Gasteiger charge is -2.16. The molecule has 0 radical (unpaired) electrons. The van der Waals surface area contributed by atoms with Crippen molar-refractivity contribution in [2.75, 3.05) is 26.1 Å². The quantitative estimate of drug-likeness (QED) is 0.602. The third kappa shape index (κ3) is 6.17. The zero-order valence-corrected chi connectivity index (χ0v) is 17.9. The van der Waals surface area contributed by atoms with Crippen LogP contribution in [0.3, 0.4) is 0 Å². The van der Waals surface area contributed by atoms with E-state index in [0.717, 1.165) is 0 Å². The summed E-state index contributed by atoms with van der Waals surface area (Å²) in [6.07, 6.45) is -0.130. The zero-order chi connectivity index (χ0) is 21.6. The lowest BCUT2D eigenvalue weighted by molar-refractivity contribution is -0.119. The number of hydrogen-bond acceptors (Lipinski definition) is 6. The molecule has 0 aromatic heterocycles. The van der Waals surface area contributed by atoms with Crippen LogP contribution in [0.25, 0.3) is 0 Å². The number of rotatable bonds is 8. The normalized spacial score (nSPS) is 10.4. The Kier molecular flexibility index (Phi) is 7.99. The molecule has 0 fully saturated rings. The number of ether oxygens (including phenoxy) is 4. The van der Waals surface area contributed by atoms with Crippen molar-refractivity contribution < 1.29 is 28.5 Å². The monoisotopic (exact) mass is 441 g/mol. The molecule has 1 N–H and O–H groups in total. The Bertz CT molecular complexity index is 901. The number of carbonyl (C=O) groups is 2. The van der Waals surface area contributed by atoms with E-state index in [1.165, 1.54) is 32.4 Å². The Labute approximate surface area is 178 Å². The number of hydrogen-bond donors (Lipinski definition) is 1. The fourth-order valence-corrected chi connectivity index (χ4v) is 2.86. The number of benzene rings is 2. The van der Waals surface area contributed by atoms with E-state index in [4.69, 9.17) is 42.1 Å².